The maximum atomic E-state index is 12.7. The van der Waals surface area contributed by atoms with Crippen molar-refractivity contribution in [2.75, 3.05) is 13.7 Å². The molecule has 0 N–H and O–H groups in total. The van der Waals surface area contributed by atoms with E-state index < -0.39 is 10.0 Å². The summed E-state index contributed by atoms with van der Waals surface area (Å²) in [5.41, 5.74) is 0.810. The summed E-state index contributed by atoms with van der Waals surface area (Å²) < 4.78 is 35.0. The summed E-state index contributed by atoms with van der Waals surface area (Å²) in [6.07, 6.45) is 1.71. The maximum absolute atomic E-state index is 12.7. The molecule has 0 saturated carbocycles. The van der Waals surface area contributed by atoms with Crippen molar-refractivity contribution >= 4 is 54.9 Å². The molecule has 1 saturated heterocycles. The Morgan fingerprint density at radius 3 is 2.36 bits per heavy atom. The first-order chi connectivity index (χ1) is 13.3. The molecule has 1 aliphatic rings. The normalized spacial score (nSPS) is 17.5. The van der Waals surface area contributed by atoms with Crippen molar-refractivity contribution in [2.45, 2.75) is 11.8 Å². The van der Waals surface area contributed by atoms with Gasteiger partial charge in [0.25, 0.3) is 15.9 Å². The Balaban J connectivity index is 1.93. The van der Waals surface area contributed by atoms with Crippen LogP contribution in [0.3, 0.4) is 0 Å². The third kappa shape index (κ3) is 4.48. The highest BCUT2D eigenvalue weighted by Crippen LogP contribution is 2.33. The molecule has 9 heteroatoms. The van der Waals surface area contributed by atoms with Crippen molar-refractivity contribution in [3.63, 3.8) is 0 Å². The van der Waals surface area contributed by atoms with Crippen molar-refractivity contribution in [1.82, 2.24) is 4.90 Å². The van der Waals surface area contributed by atoms with Gasteiger partial charge in [-0.05, 0) is 66.7 Å². The Kier molecular flexibility index (Phi) is 6.26. The van der Waals surface area contributed by atoms with Gasteiger partial charge in [0.05, 0.1) is 16.9 Å². The zero-order valence-corrected chi connectivity index (χ0v) is 18.3. The van der Waals surface area contributed by atoms with Gasteiger partial charge in [0.2, 0.25) is 0 Å². The number of carbonyl (C=O) groups is 1. The Morgan fingerprint density at radius 2 is 1.79 bits per heavy atom. The van der Waals surface area contributed by atoms with Crippen LogP contribution in [0.1, 0.15) is 12.5 Å². The number of ether oxygens (including phenoxy) is 1. The molecule has 0 unspecified atom stereocenters. The minimum Gasteiger partial charge on any atom is -0.497 e. The fraction of sp³-hybridized carbons (Fsp3) is 0.158. The second-order valence-corrected chi connectivity index (χ2v) is 9.26. The molecule has 1 fully saturated rings. The van der Waals surface area contributed by atoms with Crippen LogP contribution in [0.2, 0.25) is 0 Å². The SMILES string of the molecule is CCN1C(=O)/C(=C/c2ccc(OC)cc2)SC1=NS(=O)(=O)c1ccc(Br)cc1. The summed E-state index contributed by atoms with van der Waals surface area (Å²) >= 11 is 4.32. The van der Waals surface area contributed by atoms with E-state index in [0.717, 1.165) is 21.8 Å². The number of methoxy groups -OCH3 is 1. The molecule has 3 rings (SSSR count). The van der Waals surface area contributed by atoms with Gasteiger partial charge in [-0.2, -0.15) is 8.42 Å². The molecule has 0 bridgehead atoms. The van der Waals surface area contributed by atoms with Crippen LogP contribution in [-0.2, 0) is 14.8 Å². The van der Waals surface area contributed by atoms with Crippen molar-refractivity contribution < 1.29 is 17.9 Å². The number of amides is 1. The van der Waals surface area contributed by atoms with E-state index in [0.29, 0.717) is 17.2 Å². The summed E-state index contributed by atoms with van der Waals surface area (Å²) in [6.45, 7) is 2.09. The van der Waals surface area contributed by atoms with E-state index >= 15 is 0 Å². The lowest BCUT2D eigenvalue weighted by Crippen LogP contribution is -2.29. The van der Waals surface area contributed by atoms with Gasteiger partial charge >= 0.3 is 0 Å². The molecule has 0 radical (unpaired) electrons. The van der Waals surface area contributed by atoms with Crippen molar-refractivity contribution in [1.29, 1.82) is 0 Å². The van der Waals surface area contributed by atoms with E-state index in [-0.39, 0.29) is 16.0 Å². The van der Waals surface area contributed by atoms with Crippen LogP contribution in [0, 0.1) is 0 Å². The first-order valence-corrected chi connectivity index (χ1v) is 11.3. The fourth-order valence-corrected chi connectivity index (χ4v) is 4.98. The average Bonchev–Trinajstić information content (AvgIpc) is 2.96. The molecule has 2 aromatic carbocycles. The number of halogens is 1. The molecular formula is C19H17BrN2O4S2. The highest BCUT2D eigenvalue weighted by atomic mass is 79.9. The predicted molar refractivity (Wildman–Crippen MR) is 115 cm³/mol. The topological polar surface area (TPSA) is 76.0 Å². The Morgan fingerprint density at radius 1 is 1.14 bits per heavy atom. The molecule has 6 nitrogen and oxygen atoms in total. The third-order valence-electron chi connectivity index (χ3n) is 3.93. The second-order valence-electron chi connectivity index (χ2n) is 5.74. The molecule has 1 aliphatic heterocycles. The van der Waals surface area contributed by atoms with Crippen LogP contribution in [0.25, 0.3) is 6.08 Å². The largest absolute Gasteiger partial charge is 0.497 e. The molecule has 0 aromatic heterocycles. The fourth-order valence-electron chi connectivity index (χ4n) is 2.47. The summed E-state index contributed by atoms with van der Waals surface area (Å²) in [4.78, 5) is 14.5. The van der Waals surface area contributed by atoms with Crippen LogP contribution in [0.4, 0.5) is 0 Å². The third-order valence-corrected chi connectivity index (χ3v) is 6.86. The lowest BCUT2D eigenvalue weighted by Gasteiger charge is -2.11. The average molecular weight is 481 g/mol. The van der Waals surface area contributed by atoms with E-state index in [1.807, 2.05) is 12.1 Å². The summed E-state index contributed by atoms with van der Waals surface area (Å²) in [5.74, 6) is 0.443. The number of amidine groups is 1. The van der Waals surface area contributed by atoms with Crippen LogP contribution >= 0.6 is 27.7 Å². The lowest BCUT2D eigenvalue weighted by molar-refractivity contribution is -0.122. The van der Waals surface area contributed by atoms with Gasteiger partial charge in [-0.3, -0.25) is 9.69 Å². The van der Waals surface area contributed by atoms with E-state index in [1.165, 1.54) is 17.0 Å². The van der Waals surface area contributed by atoms with Gasteiger partial charge in [0.1, 0.15) is 5.75 Å². The zero-order chi connectivity index (χ0) is 20.3. The number of hydrogen-bond acceptors (Lipinski definition) is 5. The quantitative estimate of drug-likeness (QED) is 0.601. The monoisotopic (exact) mass is 480 g/mol. The number of carbonyl (C=O) groups excluding carboxylic acids is 1. The van der Waals surface area contributed by atoms with Gasteiger partial charge < -0.3 is 4.74 Å². The number of hydrogen-bond donors (Lipinski definition) is 0. The number of rotatable bonds is 5. The highest BCUT2D eigenvalue weighted by molar-refractivity contribution is 9.10. The number of benzene rings is 2. The van der Waals surface area contributed by atoms with E-state index in [2.05, 4.69) is 20.3 Å². The van der Waals surface area contributed by atoms with Crippen LogP contribution in [0.5, 0.6) is 5.75 Å². The molecular weight excluding hydrogens is 464 g/mol. The molecule has 0 aliphatic carbocycles. The summed E-state index contributed by atoms with van der Waals surface area (Å²) in [5, 5.41) is 0.148. The number of nitrogens with zero attached hydrogens (tertiary/aromatic N) is 2. The molecule has 146 valence electrons. The standard InChI is InChI=1S/C19H17BrN2O4S2/c1-3-22-18(23)17(12-13-4-8-15(26-2)9-5-13)27-19(22)21-28(24,25)16-10-6-14(20)7-11-16/h4-12H,3H2,1-2H3/b17-12-,21-19?. The molecule has 28 heavy (non-hydrogen) atoms. The second kappa shape index (κ2) is 8.50. The van der Waals surface area contributed by atoms with E-state index in [9.17, 15) is 13.2 Å². The Hall–Kier alpha value is -2.10. The first kappa shape index (κ1) is 20.6. The molecule has 1 amide bonds. The smallest absolute Gasteiger partial charge is 0.284 e. The van der Waals surface area contributed by atoms with Gasteiger partial charge in [-0.15, -0.1) is 4.40 Å². The van der Waals surface area contributed by atoms with Gasteiger partial charge in [0, 0.05) is 11.0 Å². The van der Waals surface area contributed by atoms with E-state index in [4.69, 9.17) is 4.74 Å². The van der Waals surface area contributed by atoms with Gasteiger partial charge in [0.15, 0.2) is 5.17 Å². The minimum absolute atomic E-state index is 0.0693. The minimum atomic E-state index is -3.92. The maximum Gasteiger partial charge on any atom is 0.284 e. The van der Waals surface area contributed by atoms with Crippen molar-refractivity contribution in [3.8, 4) is 5.75 Å². The van der Waals surface area contributed by atoms with E-state index in [1.54, 1.807) is 44.4 Å². The van der Waals surface area contributed by atoms with Crippen molar-refractivity contribution in [3.05, 3.63) is 63.5 Å². The molecule has 0 spiro atoms. The highest BCUT2D eigenvalue weighted by Gasteiger charge is 2.34. The van der Waals surface area contributed by atoms with Gasteiger partial charge in [-0.1, -0.05) is 28.1 Å². The zero-order valence-electron chi connectivity index (χ0n) is 15.1. The Bertz CT molecular complexity index is 1050. The number of likely N-dealkylation sites (N-methyl/N-ethyl adjacent to an activating group) is 1. The lowest BCUT2D eigenvalue weighted by atomic mass is 10.2. The molecule has 1 heterocycles. The van der Waals surface area contributed by atoms with Crippen molar-refractivity contribution in [2.24, 2.45) is 4.40 Å². The molecule has 2 aromatic rings. The molecule has 0 atom stereocenters. The first-order valence-electron chi connectivity index (χ1n) is 8.30. The van der Waals surface area contributed by atoms with Crippen LogP contribution in [0.15, 0.2) is 67.2 Å². The number of sulfonamides is 1. The van der Waals surface area contributed by atoms with Crippen LogP contribution < -0.4 is 4.74 Å². The van der Waals surface area contributed by atoms with Crippen LogP contribution in [-0.4, -0.2) is 38.0 Å². The Labute approximate surface area is 176 Å². The van der Waals surface area contributed by atoms with Gasteiger partial charge in [-0.25, -0.2) is 0 Å². The number of thioether (sulfide) groups is 1. The predicted octanol–water partition coefficient (Wildman–Crippen LogP) is 4.14. The summed E-state index contributed by atoms with van der Waals surface area (Å²) in [6, 6.07) is 13.4. The summed E-state index contributed by atoms with van der Waals surface area (Å²) in [7, 11) is -2.34.